The molecule has 2 heterocycles. The lowest BCUT2D eigenvalue weighted by molar-refractivity contribution is 0.100. The highest BCUT2D eigenvalue weighted by Gasteiger charge is 2.13. The lowest BCUT2D eigenvalue weighted by Gasteiger charge is -2.05. The molecule has 0 fully saturated rings. The molecule has 0 aliphatic carbocycles. The average Bonchev–Trinajstić information content (AvgIpc) is 2.95. The predicted octanol–water partition coefficient (Wildman–Crippen LogP) is 3.15. The van der Waals surface area contributed by atoms with E-state index < -0.39 is 0 Å². The number of amides is 1. The van der Waals surface area contributed by atoms with Gasteiger partial charge in [0.15, 0.2) is 10.9 Å². The predicted molar refractivity (Wildman–Crippen MR) is 81.8 cm³/mol. The summed E-state index contributed by atoms with van der Waals surface area (Å²) in [6.45, 7) is 1.44. The summed E-state index contributed by atoms with van der Waals surface area (Å²) in [5, 5.41) is 5.53. The van der Waals surface area contributed by atoms with Crippen molar-refractivity contribution in [1.29, 1.82) is 0 Å². The zero-order valence-corrected chi connectivity index (χ0v) is 12.0. The van der Waals surface area contributed by atoms with E-state index in [1.165, 1.54) is 18.3 Å². The van der Waals surface area contributed by atoms with Crippen molar-refractivity contribution >= 4 is 39.1 Å². The number of nitrogens with one attached hydrogen (secondary N) is 1. The largest absolute Gasteiger partial charge is 0.298 e. The van der Waals surface area contributed by atoms with Crippen molar-refractivity contribution in [3.8, 4) is 0 Å². The number of carbonyl (C=O) groups is 2. The van der Waals surface area contributed by atoms with Gasteiger partial charge in [-0.15, -0.1) is 11.3 Å². The molecule has 0 saturated heterocycles. The molecule has 1 N–H and O–H groups in total. The Labute approximate surface area is 124 Å². The van der Waals surface area contributed by atoms with Gasteiger partial charge in [0.2, 0.25) is 0 Å². The van der Waals surface area contributed by atoms with Crippen LogP contribution in [0.5, 0.6) is 0 Å². The van der Waals surface area contributed by atoms with Crippen LogP contribution in [0.15, 0.2) is 41.9 Å². The average molecular weight is 297 g/mol. The molecule has 0 unspecified atom stereocenters. The summed E-state index contributed by atoms with van der Waals surface area (Å²) in [6.07, 6.45) is 1.68. The summed E-state index contributed by atoms with van der Waals surface area (Å²) in [6, 6.07) is 9.01. The van der Waals surface area contributed by atoms with Crippen LogP contribution in [0.4, 0.5) is 5.13 Å². The fraction of sp³-hybridized carbons (Fsp3) is 0.0667. The smallest absolute Gasteiger partial charge is 0.258 e. The molecule has 0 bridgehead atoms. The molecule has 6 heteroatoms. The number of ketones is 1. The van der Waals surface area contributed by atoms with Gasteiger partial charge in [-0.25, -0.2) is 4.98 Å². The van der Waals surface area contributed by atoms with Gasteiger partial charge in [-0.2, -0.15) is 0 Å². The van der Waals surface area contributed by atoms with Crippen LogP contribution >= 0.6 is 11.3 Å². The number of carbonyl (C=O) groups excluding carboxylic acids is 2. The number of hydrogen-bond donors (Lipinski definition) is 1. The van der Waals surface area contributed by atoms with Crippen LogP contribution in [0.25, 0.3) is 10.9 Å². The van der Waals surface area contributed by atoms with Gasteiger partial charge < -0.3 is 0 Å². The molecule has 104 valence electrons. The molecule has 0 saturated carbocycles. The number of benzene rings is 1. The Morgan fingerprint density at radius 2 is 2.05 bits per heavy atom. The summed E-state index contributed by atoms with van der Waals surface area (Å²) in [5.41, 5.74) is 1.64. The maximum atomic E-state index is 12.4. The Morgan fingerprint density at radius 3 is 2.81 bits per heavy atom. The number of nitrogens with zero attached hydrogens (tertiary/aromatic N) is 2. The van der Waals surface area contributed by atoms with Crippen LogP contribution in [-0.4, -0.2) is 21.7 Å². The molecule has 3 rings (SSSR count). The first kappa shape index (κ1) is 13.4. The summed E-state index contributed by atoms with van der Waals surface area (Å²) < 4.78 is 0. The van der Waals surface area contributed by atoms with Gasteiger partial charge in [-0.1, -0.05) is 12.1 Å². The van der Waals surface area contributed by atoms with E-state index in [0.29, 0.717) is 16.4 Å². The minimum absolute atomic E-state index is 0.124. The van der Waals surface area contributed by atoms with E-state index in [9.17, 15) is 9.59 Å². The molecule has 0 aliphatic heterocycles. The Kier molecular flexibility index (Phi) is 3.45. The van der Waals surface area contributed by atoms with Crippen LogP contribution in [0.1, 0.15) is 27.8 Å². The van der Waals surface area contributed by atoms with Gasteiger partial charge in [0.05, 0.1) is 5.52 Å². The van der Waals surface area contributed by atoms with E-state index >= 15 is 0 Å². The van der Waals surface area contributed by atoms with Crippen molar-refractivity contribution in [1.82, 2.24) is 9.97 Å². The second-order valence-electron chi connectivity index (χ2n) is 4.42. The third-order valence-electron chi connectivity index (χ3n) is 2.98. The third-order valence-corrected chi connectivity index (χ3v) is 3.73. The van der Waals surface area contributed by atoms with Crippen LogP contribution < -0.4 is 5.32 Å². The number of pyridine rings is 1. The van der Waals surface area contributed by atoms with Crippen molar-refractivity contribution in [2.75, 3.05) is 5.32 Å². The molecular weight excluding hydrogens is 286 g/mol. The van der Waals surface area contributed by atoms with Gasteiger partial charge in [0, 0.05) is 29.5 Å². The molecule has 3 aromatic rings. The Balaban J connectivity index is 1.91. The number of rotatable bonds is 3. The third kappa shape index (κ3) is 2.66. The Bertz CT molecular complexity index is 836. The van der Waals surface area contributed by atoms with Gasteiger partial charge in [-0.3, -0.25) is 19.9 Å². The van der Waals surface area contributed by atoms with Gasteiger partial charge in [0.1, 0.15) is 5.69 Å². The summed E-state index contributed by atoms with van der Waals surface area (Å²) in [5.74, 6) is -0.390. The molecule has 0 atom stereocenters. The molecule has 1 aromatic carbocycles. The first-order chi connectivity index (χ1) is 10.1. The highest BCUT2D eigenvalue weighted by Crippen LogP contribution is 2.20. The van der Waals surface area contributed by atoms with E-state index in [1.807, 2.05) is 12.1 Å². The number of aromatic nitrogens is 2. The Hall–Kier alpha value is -2.60. The second kappa shape index (κ2) is 5.41. The highest BCUT2D eigenvalue weighted by atomic mass is 32.1. The van der Waals surface area contributed by atoms with E-state index in [1.54, 1.807) is 29.8 Å². The number of anilines is 1. The van der Waals surface area contributed by atoms with Crippen molar-refractivity contribution in [2.45, 2.75) is 6.92 Å². The maximum absolute atomic E-state index is 12.4. The SMILES string of the molecule is CC(=O)c1csc(NC(=O)c2cccc3ncccc23)n1. The molecule has 2 aromatic heterocycles. The van der Waals surface area contributed by atoms with Gasteiger partial charge in [-0.05, 0) is 18.2 Å². The lowest BCUT2D eigenvalue weighted by atomic mass is 10.1. The van der Waals surface area contributed by atoms with Crippen molar-refractivity contribution in [3.05, 3.63) is 53.2 Å². The summed E-state index contributed by atoms with van der Waals surface area (Å²) >= 11 is 1.23. The molecule has 1 amide bonds. The molecule has 0 aliphatic rings. The topological polar surface area (TPSA) is 72.0 Å². The van der Waals surface area contributed by atoms with E-state index in [4.69, 9.17) is 0 Å². The van der Waals surface area contributed by atoms with Crippen molar-refractivity contribution < 1.29 is 9.59 Å². The Morgan fingerprint density at radius 1 is 1.19 bits per heavy atom. The number of Topliss-reactive ketones (excluding diaryl/α,β-unsaturated/α-hetero) is 1. The standard InChI is InChI=1S/C15H11N3O2S/c1-9(19)13-8-21-15(17-13)18-14(20)11-4-2-6-12-10(11)5-3-7-16-12/h2-8H,1H3,(H,17,18,20). The quantitative estimate of drug-likeness (QED) is 0.754. The molecule has 0 radical (unpaired) electrons. The number of hydrogen-bond acceptors (Lipinski definition) is 5. The molecular formula is C15H11N3O2S. The van der Waals surface area contributed by atoms with E-state index in [2.05, 4.69) is 15.3 Å². The second-order valence-corrected chi connectivity index (χ2v) is 5.28. The van der Waals surface area contributed by atoms with Gasteiger partial charge in [0.25, 0.3) is 5.91 Å². The monoisotopic (exact) mass is 297 g/mol. The maximum Gasteiger partial charge on any atom is 0.258 e. The normalized spacial score (nSPS) is 10.5. The number of fused-ring (bicyclic) bond motifs is 1. The molecule has 0 spiro atoms. The van der Waals surface area contributed by atoms with Crippen LogP contribution in [0.2, 0.25) is 0 Å². The summed E-state index contributed by atoms with van der Waals surface area (Å²) in [4.78, 5) is 31.9. The lowest BCUT2D eigenvalue weighted by Crippen LogP contribution is -2.12. The zero-order valence-electron chi connectivity index (χ0n) is 11.2. The van der Waals surface area contributed by atoms with Crippen LogP contribution in [0.3, 0.4) is 0 Å². The first-order valence-electron chi connectivity index (χ1n) is 6.27. The fourth-order valence-electron chi connectivity index (χ4n) is 1.96. The van der Waals surface area contributed by atoms with Crippen LogP contribution in [-0.2, 0) is 0 Å². The fourth-order valence-corrected chi connectivity index (χ4v) is 2.70. The van der Waals surface area contributed by atoms with E-state index in [0.717, 1.165) is 10.9 Å². The minimum Gasteiger partial charge on any atom is -0.298 e. The number of thiazole rings is 1. The van der Waals surface area contributed by atoms with Crippen molar-refractivity contribution in [2.24, 2.45) is 0 Å². The zero-order chi connectivity index (χ0) is 14.8. The van der Waals surface area contributed by atoms with Gasteiger partial charge >= 0.3 is 0 Å². The molecule has 21 heavy (non-hydrogen) atoms. The van der Waals surface area contributed by atoms with Crippen LogP contribution in [0, 0.1) is 0 Å². The minimum atomic E-state index is -0.266. The highest BCUT2D eigenvalue weighted by molar-refractivity contribution is 7.14. The summed E-state index contributed by atoms with van der Waals surface area (Å²) in [7, 11) is 0. The van der Waals surface area contributed by atoms with Crippen molar-refractivity contribution in [3.63, 3.8) is 0 Å². The van der Waals surface area contributed by atoms with E-state index in [-0.39, 0.29) is 11.7 Å². The molecule has 5 nitrogen and oxygen atoms in total. The first-order valence-corrected chi connectivity index (χ1v) is 7.14.